The van der Waals surface area contributed by atoms with Gasteiger partial charge in [-0.3, -0.25) is 9.59 Å². The SMILES string of the molecule is COc1ccc2ccc(OCc3nc(C(=O)N4CC[C@@H](NC(C)=O)C4)co3)cc2c1. The topological polar surface area (TPSA) is 93.9 Å². The average molecular weight is 409 g/mol. The highest BCUT2D eigenvalue weighted by Gasteiger charge is 2.29. The van der Waals surface area contributed by atoms with E-state index in [2.05, 4.69) is 10.3 Å². The number of carbonyl (C=O) groups excluding carboxylic acids is 2. The van der Waals surface area contributed by atoms with Crippen molar-refractivity contribution >= 4 is 22.6 Å². The minimum absolute atomic E-state index is 0.0207. The van der Waals surface area contributed by atoms with Crippen LogP contribution in [0.4, 0.5) is 0 Å². The van der Waals surface area contributed by atoms with Gasteiger partial charge in [-0.1, -0.05) is 12.1 Å². The Labute approximate surface area is 173 Å². The van der Waals surface area contributed by atoms with Gasteiger partial charge in [-0.2, -0.15) is 0 Å². The molecule has 8 heteroatoms. The third kappa shape index (κ3) is 4.37. The number of aromatic nitrogens is 1. The van der Waals surface area contributed by atoms with Crippen molar-refractivity contribution in [2.45, 2.75) is 26.0 Å². The molecule has 0 saturated carbocycles. The third-order valence-corrected chi connectivity index (χ3v) is 5.03. The zero-order valence-electron chi connectivity index (χ0n) is 16.9. The van der Waals surface area contributed by atoms with Crippen LogP contribution in [0.3, 0.4) is 0 Å². The minimum atomic E-state index is -0.212. The molecule has 2 heterocycles. The summed E-state index contributed by atoms with van der Waals surface area (Å²) in [5.74, 6) is 1.46. The Morgan fingerprint density at radius 1 is 1.20 bits per heavy atom. The van der Waals surface area contributed by atoms with Gasteiger partial charge in [-0.05, 0) is 41.5 Å². The molecule has 30 heavy (non-hydrogen) atoms. The van der Waals surface area contributed by atoms with Crippen LogP contribution >= 0.6 is 0 Å². The van der Waals surface area contributed by atoms with E-state index in [4.69, 9.17) is 13.9 Å². The molecule has 156 valence electrons. The van der Waals surface area contributed by atoms with Gasteiger partial charge in [-0.25, -0.2) is 4.98 Å². The van der Waals surface area contributed by atoms with Crippen LogP contribution in [0.1, 0.15) is 29.7 Å². The molecule has 1 atom stereocenters. The summed E-state index contributed by atoms with van der Waals surface area (Å²) in [7, 11) is 1.63. The fraction of sp³-hybridized carbons (Fsp3) is 0.318. The lowest BCUT2D eigenvalue weighted by Gasteiger charge is -2.15. The van der Waals surface area contributed by atoms with Crippen molar-refractivity contribution in [1.82, 2.24) is 15.2 Å². The number of fused-ring (bicyclic) bond motifs is 1. The number of carbonyl (C=O) groups is 2. The normalized spacial score (nSPS) is 15.9. The van der Waals surface area contributed by atoms with Crippen molar-refractivity contribution in [2.75, 3.05) is 20.2 Å². The Kier molecular flexibility index (Phi) is 5.56. The third-order valence-electron chi connectivity index (χ3n) is 5.03. The summed E-state index contributed by atoms with van der Waals surface area (Å²) < 4.78 is 16.5. The van der Waals surface area contributed by atoms with Crippen LogP contribution in [0.5, 0.6) is 11.5 Å². The molecule has 1 saturated heterocycles. The average Bonchev–Trinajstić information content (AvgIpc) is 3.40. The number of hydrogen-bond acceptors (Lipinski definition) is 6. The second-order valence-electron chi connectivity index (χ2n) is 7.23. The Hall–Kier alpha value is -3.55. The lowest BCUT2D eigenvalue weighted by molar-refractivity contribution is -0.119. The van der Waals surface area contributed by atoms with Gasteiger partial charge in [-0.15, -0.1) is 0 Å². The largest absolute Gasteiger partial charge is 0.497 e. The zero-order chi connectivity index (χ0) is 21.1. The Morgan fingerprint density at radius 2 is 1.97 bits per heavy atom. The number of hydrogen-bond donors (Lipinski definition) is 1. The standard InChI is InChI=1S/C22H23N3O5/c1-14(26)23-17-7-8-25(11-17)22(27)20-12-30-21(24-20)13-29-19-6-4-15-3-5-18(28-2)9-16(15)10-19/h3-6,9-10,12,17H,7-8,11,13H2,1-2H3,(H,23,26)/t17-/m1/s1. The van der Waals surface area contributed by atoms with Crippen LogP contribution < -0.4 is 14.8 Å². The number of rotatable bonds is 6. The molecule has 0 bridgehead atoms. The lowest BCUT2D eigenvalue weighted by atomic mass is 10.1. The smallest absolute Gasteiger partial charge is 0.275 e. The van der Waals surface area contributed by atoms with Crippen molar-refractivity contribution in [3.63, 3.8) is 0 Å². The summed E-state index contributed by atoms with van der Waals surface area (Å²) in [6, 6.07) is 11.6. The minimum Gasteiger partial charge on any atom is -0.497 e. The summed E-state index contributed by atoms with van der Waals surface area (Å²) in [5.41, 5.74) is 0.236. The van der Waals surface area contributed by atoms with Crippen molar-refractivity contribution in [2.24, 2.45) is 0 Å². The maximum absolute atomic E-state index is 12.6. The second-order valence-corrected chi connectivity index (χ2v) is 7.23. The van der Waals surface area contributed by atoms with Crippen LogP contribution in [-0.2, 0) is 11.4 Å². The molecule has 1 fully saturated rings. The van der Waals surface area contributed by atoms with E-state index < -0.39 is 0 Å². The number of oxazole rings is 1. The van der Waals surface area contributed by atoms with Gasteiger partial charge in [0, 0.05) is 26.1 Å². The molecule has 2 aromatic carbocycles. The monoisotopic (exact) mass is 409 g/mol. The van der Waals surface area contributed by atoms with Gasteiger partial charge >= 0.3 is 0 Å². The van der Waals surface area contributed by atoms with Crippen LogP contribution in [0.15, 0.2) is 47.1 Å². The number of nitrogens with zero attached hydrogens (tertiary/aromatic N) is 2. The molecule has 2 amide bonds. The number of likely N-dealkylation sites (tertiary alicyclic amines) is 1. The van der Waals surface area contributed by atoms with E-state index in [1.54, 1.807) is 12.0 Å². The Morgan fingerprint density at radius 3 is 2.73 bits per heavy atom. The zero-order valence-corrected chi connectivity index (χ0v) is 16.9. The maximum Gasteiger partial charge on any atom is 0.275 e. The second kappa shape index (κ2) is 8.44. The maximum atomic E-state index is 12.6. The van der Waals surface area contributed by atoms with Gasteiger partial charge in [0.1, 0.15) is 17.8 Å². The van der Waals surface area contributed by atoms with Crippen LogP contribution in [0.25, 0.3) is 10.8 Å². The van der Waals surface area contributed by atoms with Gasteiger partial charge in [0.25, 0.3) is 5.91 Å². The van der Waals surface area contributed by atoms with Gasteiger partial charge in [0.15, 0.2) is 12.3 Å². The van der Waals surface area contributed by atoms with E-state index in [0.717, 1.165) is 22.9 Å². The Bertz CT molecular complexity index is 1080. The fourth-order valence-electron chi connectivity index (χ4n) is 3.55. The molecule has 1 aliphatic rings. The molecule has 1 N–H and O–H groups in total. The van der Waals surface area contributed by atoms with E-state index in [0.29, 0.717) is 24.7 Å². The quantitative estimate of drug-likeness (QED) is 0.673. The van der Waals surface area contributed by atoms with Crippen LogP contribution in [0, 0.1) is 0 Å². The highest BCUT2D eigenvalue weighted by Crippen LogP contribution is 2.25. The number of methoxy groups -OCH3 is 1. The first kappa shape index (κ1) is 19.8. The van der Waals surface area contributed by atoms with E-state index in [1.807, 2.05) is 36.4 Å². The highest BCUT2D eigenvalue weighted by atomic mass is 16.5. The molecule has 0 unspecified atom stereocenters. The van der Waals surface area contributed by atoms with Crippen molar-refractivity contribution in [3.8, 4) is 11.5 Å². The summed E-state index contributed by atoms with van der Waals surface area (Å²) in [6.45, 7) is 2.62. The van der Waals surface area contributed by atoms with Crippen LogP contribution in [0.2, 0.25) is 0 Å². The molecule has 1 aromatic heterocycles. The first-order valence-corrected chi connectivity index (χ1v) is 9.73. The molecule has 3 aromatic rings. The van der Waals surface area contributed by atoms with Crippen molar-refractivity contribution in [1.29, 1.82) is 0 Å². The van der Waals surface area contributed by atoms with Crippen molar-refractivity contribution in [3.05, 3.63) is 54.2 Å². The highest BCUT2D eigenvalue weighted by molar-refractivity contribution is 5.92. The summed E-state index contributed by atoms with van der Waals surface area (Å²) in [5, 5.41) is 4.91. The fourth-order valence-corrected chi connectivity index (χ4v) is 3.55. The molecular weight excluding hydrogens is 386 g/mol. The summed E-state index contributed by atoms with van der Waals surface area (Å²) >= 11 is 0. The molecule has 0 aliphatic carbocycles. The van der Waals surface area contributed by atoms with Crippen molar-refractivity contribution < 1.29 is 23.5 Å². The van der Waals surface area contributed by atoms with Gasteiger partial charge < -0.3 is 24.1 Å². The van der Waals surface area contributed by atoms with E-state index >= 15 is 0 Å². The van der Waals surface area contributed by atoms with Gasteiger partial charge in [0.2, 0.25) is 11.8 Å². The predicted octanol–water partition coefficient (Wildman–Crippen LogP) is 2.77. The number of nitrogens with one attached hydrogen (secondary N) is 1. The number of ether oxygens (including phenoxy) is 2. The summed E-state index contributed by atoms with van der Waals surface area (Å²) in [6.07, 6.45) is 2.07. The number of benzene rings is 2. The Balaban J connectivity index is 1.37. The lowest BCUT2D eigenvalue weighted by Crippen LogP contribution is -2.37. The molecule has 4 rings (SSSR count). The van der Waals surface area contributed by atoms with E-state index in [9.17, 15) is 9.59 Å². The molecule has 0 spiro atoms. The van der Waals surface area contributed by atoms with E-state index in [-0.39, 0.29) is 30.2 Å². The molecule has 0 radical (unpaired) electrons. The first-order valence-electron chi connectivity index (χ1n) is 9.73. The molecular formula is C22H23N3O5. The predicted molar refractivity (Wildman–Crippen MR) is 109 cm³/mol. The first-order chi connectivity index (χ1) is 14.5. The van der Waals surface area contributed by atoms with Crippen LogP contribution in [-0.4, -0.2) is 47.9 Å². The molecule has 1 aliphatic heterocycles. The molecule has 8 nitrogen and oxygen atoms in total. The van der Waals surface area contributed by atoms with Gasteiger partial charge in [0.05, 0.1) is 7.11 Å². The van der Waals surface area contributed by atoms with E-state index in [1.165, 1.54) is 13.2 Å². The number of amides is 2. The summed E-state index contributed by atoms with van der Waals surface area (Å²) in [4.78, 5) is 29.7.